The van der Waals surface area contributed by atoms with Crippen molar-refractivity contribution in [1.82, 2.24) is 4.98 Å². The van der Waals surface area contributed by atoms with E-state index >= 15 is 0 Å². The van der Waals surface area contributed by atoms with Gasteiger partial charge < -0.3 is 17.0 Å². The van der Waals surface area contributed by atoms with E-state index in [1.54, 1.807) is 10.9 Å². The number of hydrogen-bond donors (Lipinski definition) is 0. The molecule has 0 radical (unpaired) electrons. The standard InChI is InChI=1S/C19H17N2O.BrH/c1-15-7-9-16(10-8-15)18-11-12-21(14-20-18)13-19(22)17-5-3-2-4-6-17;/h2-12,14H,13H2,1H3;1H/q+1;/p-1. The number of rotatable bonds is 4. The van der Waals surface area contributed by atoms with Gasteiger partial charge in [-0.25, -0.2) is 4.57 Å². The average molecular weight is 369 g/mol. The Labute approximate surface area is 146 Å². The van der Waals surface area contributed by atoms with Crippen molar-refractivity contribution in [3.05, 3.63) is 84.3 Å². The molecule has 0 fully saturated rings. The second-order valence-electron chi connectivity index (χ2n) is 5.27. The zero-order valence-corrected chi connectivity index (χ0v) is 14.4. The molecular weight excluding hydrogens is 352 g/mol. The molecule has 3 rings (SSSR count). The summed E-state index contributed by atoms with van der Waals surface area (Å²) in [5.41, 5.74) is 3.93. The van der Waals surface area contributed by atoms with Gasteiger partial charge in [-0.3, -0.25) is 4.79 Å². The summed E-state index contributed by atoms with van der Waals surface area (Å²) in [6, 6.07) is 19.5. The van der Waals surface area contributed by atoms with Crippen molar-refractivity contribution >= 4 is 5.78 Å². The highest BCUT2D eigenvalue weighted by atomic mass is 79.9. The molecule has 0 N–H and O–H groups in total. The number of nitrogens with zero attached hydrogens (tertiary/aromatic N) is 2. The Hall–Kier alpha value is -2.33. The van der Waals surface area contributed by atoms with Crippen LogP contribution < -0.4 is 21.5 Å². The Morgan fingerprint density at radius 3 is 2.30 bits per heavy atom. The molecule has 0 unspecified atom stereocenters. The van der Waals surface area contributed by atoms with Gasteiger partial charge in [-0.05, 0) is 11.9 Å². The molecule has 0 aliphatic rings. The van der Waals surface area contributed by atoms with E-state index in [1.807, 2.05) is 42.6 Å². The lowest BCUT2D eigenvalue weighted by molar-refractivity contribution is -0.686. The smallest absolute Gasteiger partial charge is 0.287 e. The lowest BCUT2D eigenvalue weighted by Crippen LogP contribution is -3.00. The molecule has 1 heterocycles. The van der Waals surface area contributed by atoms with Crippen molar-refractivity contribution in [3.63, 3.8) is 0 Å². The van der Waals surface area contributed by atoms with Crippen LogP contribution in [0, 0.1) is 6.92 Å². The molecule has 3 aromatic rings. The van der Waals surface area contributed by atoms with Crippen molar-refractivity contribution < 1.29 is 26.3 Å². The number of hydrogen-bond acceptors (Lipinski definition) is 2. The number of carbonyl (C=O) groups excluding carboxylic acids is 1. The molecule has 0 amide bonds. The lowest BCUT2D eigenvalue weighted by atomic mass is 10.1. The van der Waals surface area contributed by atoms with Crippen LogP contribution in [0.1, 0.15) is 15.9 Å². The van der Waals surface area contributed by atoms with Crippen molar-refractivity contribution in [1.29, 1.82) is 0 Å². The van der Waals surface area contributed by atoms with Gasteiger partial charge in [0.15, 0.2) is 12.2 Å². The van der Waals surface area contributed by atoms with E-state index in [2.05, 4.69) is 36.2 Å². The first-order valence-electron chi connectivity index (χ1n) is 7.23. The summed E-state index contributed by atoms with van der Waals surface area (Å²) < 4.78 is 1.80. The molecule has 0 spiro atoms. The minimum Gasteiger partial charge on any atom is -1.00 e. The Morgan fingerprint density at radius 2 is 1.70 bits per heavy atom. The number of aromatic nitrogens is 2. The molecule has 0 aliphatic heterocycles. The summed E-state index contributed by atoms with van der Waals surface area (Å²) in [4.78, 5) is 16.6. The van der Waals surface area contributed by atoms with Crippen LogP contribution in [0.25, 0.3) is 11.3 Å². The molecule has 0 atom stereocenters. The zero-order chi connectivity index (χ0) is 15.4. The third kappa shape index (κ3) is 4.33. The number of Topliss-reactive ketones (excluding diaryl/α,β-unsaturated/α-hetero) is 1. The van der Waals surface area contributed by atoms with Crippen molar-refractivity contribution in [2.75, 3.05) is 0 Å². The molecular formula is C19H17BrN2O. The molecule has 1 aromatic heterocycles. The van der Waals surface area contributed by atoms with Crippen LogP contribution in [0.2, 0.25) is 0 Å². The van der Waals surface area contributed by atoms with Gasteiger partial charge in [0.1, 0.15) is 0 Å². The van der Waals surface area contributed by atoms with Gasteiger partial charge >= 0.3 is 0 Å². The molecule has 4 heteroatoms. The first-order chi connectivity index (χ1) is 10.7. The van der Waals surface area contributed by atoms with E-state index < -0.39 is 0 Å². The SMILES string of the molecule is Cc1ccc(-c2cc[n+](CC(=O)c3ccccc3)cn2)cc1.[Br-]. The average Bonchev–Trinajstić information content (AvgIpc) is 2.57. The molecule has 0 aliphatic carbocycles. The van der Waals surface area contributed by atoms with Crippen LogP contribution in [-0.4, -0.2) is 10.8 Å². The molecule has 3 nitrogen and oxygen atoms in total. The van der Waals surface area contributed by atoms with Gasteiger partial charge in [-0.15, -0.1) is 0 Å². The quantitative estimate of drug-likeness (QED) is 0.488. The summed E-state index contributed by atoms with van der Waals surface area (Å²) in [5.74, 6) is 0.0792. The second kappa shape index (κ2) is 7.79. The van der Waals surface area contributed by atoms with Gasteiger partial charge in [-0.2, -0.15) is 0 Å². The molecule has 0 bridgehead atoms. The fraction of sp³-hybridized carbons (Fsp3) is 0.105. The maximum Gasteiger partial charge on any atom is 0.287 e. The number of aryl methyl sites for hydroxylation is 1. The molecule has 2 aromatic carbocycles. The number of benzene rings is 2. The lowest BCUT2D eigenvalue weighted by Gasteiger charge is -2.01. The highest BCUT2D eigenvalue weighted by Crippen LogP contribution is 2.15. The normalized spacial score (nSPS) is 9.96. The van der Waals surface area contributed by atoms with Crippen LogP contribution in [0.3, 0.4) is 0 Å². The van der Waals surface area contributed by atoms with Crippen molar-refractivity contribution in [2.45, 2.75) is 13.5 Å². The van der Waals surface area contributed by atoms with Gasteiger partial charge in [0, 0.05) is 17.2 Å². The largest absolute Gasteiger partial charge is 1.00 e. The third-order valence-corrected chi connectivity index (χ3v) is 3.54. The Bertz CT molecular complexity index is 769. The summed E-state index contributed by atoms with van der Waals surface area (Å²) in [5, 5.41) is 0. The summed E-state index contributed by atoms with van der Waals surface area (Å²) >= 11 is 0. The van der Waals surface area contributed by atoms with Crippen LogP contribution >= 0.6 is 0 Å². The van der Waals surface area contributed by atoms with Crippen molar-refractivity contribution in [2.24, 2.45) is 0 Å². The first kappa shape index (κ1) is 17.0. The highest BCUT2D eigenvalue weighted by Gasteiger charge is 2.11. The monoisotopic (exact) mass is 368 g/mol. The van der Waals surface area contributed by atoms with E-state index in [9.17, 15) is 4.79 Å². The predicted octanol–water partition coefficient (Wildman–Crippen LogP) is 0.231. The van der Waals surface area contributed by atoms with Crippen LogP contribution in [0.15, 0.2) is 73.2 Å². The van der Waals surface area contributed by atoms with E-state index in [-0.39, 0.29) is 22.8 Å². The molecule has 0 saturated carbocycles. The first-order valence-corrected chi connectivity index (χ1v) is 7.23. The van der Waals surface area contributed by atoms with Crippen molar-refractivity contribution in [3.8, 4) is 11.3 Å². The fourth-order valence-electron chi connectivity index (χ4n) is 2.25. The van der Waals surface area contributed by atoms with Gasteiger partial charge in [0.25, 0.3) is 6.33 Å². The minimum atomic E-state index is 0. The van der Waals surface area contributed by atoms with Crippen LogP contribution in [0.4, 0.5) is 0 Å². The summed E-state index contributed by atoms with van der Waals surface area (Å²) in [6.07, 6.45) is 3.60. The Morgan fingerprint density at radius 1 is 1.00 bits per heavy atom. The van der Waals surface area contributed by atoms with Gasteiger partial charge in [0.2, 0.25) is 5.78 Å². The molecule has 0 saturated heterocycles. The number of ketones is 1. The number of halogens is 1. The van der Waals surface area contributed by atoms with E-state index in [0.717, 1.165) is 16.8 Å². The highest BCUT2D eigenvalue weighted by molar-refractivity contribution is 5.94. The van der Waals surface area contributed by atoms with Crippen LogP contribution in [0.5, 0.6) is 0 Å². The Balaban J connectivity index is 0.00000192. The maximum absolute atomic E-state index is 12.2. The zero-order valence-electron chi connectivity index (χ0n) is 12.8. The van der Waals surface area contributed by atoms with Gasteiger partial charge in [-0.1, -0.05) is 60.2 Å². The number of carbonyl (C=O) groups is 1. The van der Waals surface area contributed by atoms with Gasteiger partial charge in [0.05, 0.1) is 6.20 Å². The van der Waals surface area contributed by atoms with E-state index in [0.29, 0.717) is 6.54 Å². The van der Waals surface area contributed by atoms with E-state index in [1.165, 1.54) is 5.56 Å². The summed E-state index contributed by atoms with van der Waals surface area (Å²) in [6.45, 7) is 2.36. The maximum atomic E-state index is 12.2. The minimum absolute atomic E-state index is 0. The molecule has 23 heavy (non-hydrogen) atoms. The topological polar surface area (TPSA) is 33.8 Å². The summed E-state index contributed by atoms with van der Waals surface area (Å²) in [7, 11) is 0. The Kier molecular flexibility index (Phi) is 5.77. The fourth-order valence-corrected chi connectivity index (χ4v) is 2.25. The molecule has 116 valence electrons. The second-order valence-corrected chi connectivity index (χ2v) is 5.27. The predicted molar refractivity (Wildman–Crippen MR) is 85.4 cm³/mol. The van der Waals surface area contributed by atoms with Crippen LogP contribution in [-0.2, 0) is 6.54 Å². The van der Waals surface area contributed by atoms with E-state index in [4.69, 9.17) is 0 Å². The third-order valence-electron chi connectivity index (χ3n) is 3.54.